The molecular weight excluding hydrogens is 732 g/mol. The molecule has 1 atom stereocenters. The quantitative estimate of drug-likeness (QED) is 0.134. The lowest BCUT2D eigenvalue weighted by Crippen LogP contribution is -2.48. The number of carbonyl (C=O) groups excluding carboxylic acids is 1. The minimum atomic E-state index is -0.525. The van der Waals surface area contributed by atoms with E-state index in [0.29, 0.717) is 40.5 Å². The van der Waals surface area contributed by atoms with Crippen LogP contribution in [0.15, 0.2) is 54.6 Å². The lowest BCUT2D eigenvalue weighted by atomic mass is 9.65. The Kier molecular flexibility index (Phi) is 13.9. The van der Waals surface area contributed by atoms with Gasteiger partial charge >= 0.3 is 0 Å². The van der Waals surface area contributed by atoms with Crippen LogP contribution in [0.2, 0.25) is 0 Å². The van der Waals surface area contributed by atoms with Crippen LogP contribution < -0.4 is 10.1 Å². The third-order valence-electron chi connectivity index (χ3n) is 12.4. The lowest BCUT2D eigenvalue weighted by molar-refractivity contribution is -0.0593. The van der Waals surface area contributed by atoms with Gasteiger partial charge in [0.25, 0.3) is 5.91 Å². The summed E-state index contributed by atoms with van der Waals surface area (Å²) in [7, 11) is 0. The number of benzene rings is 2. The number of nitriles is 1. The fourth-order valence-electron chi connectivity index (χ4n) is 8.20. The molecule has 2 aromatic carbocycles. The van der Waals surface area contributed by atoms with Gasteiger partial charge in [-0.3, -0.25) is 9.69 Å². The summed E-state index contributed by atoms with van der Waals surface area (Å²) < 4.78 is 34.6. The van der Waals surface area contributed by atoms with E-state index in [-0.39, 0.29) is 24.2 Å². The number of fused-ring (bicyclic) bond motifs is 1. The number of hydrogen-bond donors (Lipinski definition) is 1. The Balaban J connectivity index is 0.00000279. The molecule has 4 heterocycles. The summed E-state index contributed by atoms with van der Waals surface area (Å²) in [6, 6.07) is 18.1. The molecule has 58 heavy (non-hydrogen) atoms. The second-order valence-electron chi connectivity index (χ2n) is 17.5. The molecule has 1 amide bonds. The van der Waals surface area contributed by atoms with Crippen molar-refractivity contribution in [1.82, 2.24) is 24.8 Å². The molecule has 2 aliphatic heterocycles. The molecule has 1 N–H and O–H groups in total. The number of nitrogens with one attached hydrogen (secondary N) is 1. The monoisotopic (exact) mass is 794 g/mol. The number of aromatic nitrogens is 3. The predicted molar refractivity (Wildman–Crippen MR) is 225 cm³/mol. The minimum Gasteiger partial charge on any atom is -0.473 e. The Labute approximate surface area is 344 Å². The molecule has 4 aromatic rings. The van der Waals surface area contributed by atoms with Crippen molar-refractivity contribution in [2.75, 3.05) is 26.3 Å². The highest BCUT2D eigenvalue weighted by Gasteiger charge is 2.39. The van der Waals surface area contributed by atoms with Gasteiger partial charge in [-0.05, 0) is 134 Å². The van der Waals surface area contributed by atoms with Crippen LogP contribution in [-0.2, 0) is 29.2 Å². The van der Waals surface area contributed by atoms with E-state index in [1.807, 2.05) is 64.1 Å². The summed E-state index contributed by atoms with van der Waals surface area (Å²) in [4.78, 5) is 26.0. The predicted octanol–water partition coefficient (Wildman–Crippen LogP) is 9.49. The summed E-state index contributed by atoms with van der Waals surface area (Å²) in [5.74, 6) is 1.34. The van der Waals surface area contributed by atoms with Crippen molar-refractivity contribution in [2.24, 2.45) is 5.41 Å². The second kappa shape index (κ2) is 18.7. The van der Waals surface area contributed by atoms with Gasteiger partial charge in [-0.25, -0.2) is 14.4 Å². The molecular formula is C47H63FN6O4. The van der Waals surface area contributed by atoms with Crippen molar-refractivity contribution in [1.29, 1.82) is 5.26 Å². The van der Waals surface area contributed by atoms with Crippen LogP contribution in [0.25, 0.3) is 11.0 Å². The smallest absolute Gasteiger partial charge is 0.251 e. The SMILES string of the molecule is CC.CCC(C)(C)OCC(C)(C)NC(=O)c1ccc2nc(CN3CCC4(CCC(c5cccc(OCc6ccc(C#N)cc6F)n5)CC4)CC3)n(CC3CCO3)c2c1. The van der Waals surface area contributed by atoms with E-state index in [9.17, 15) is 9.18 Å². The molecule has 3 aliphatic rings. The molecule has 1 spiro atoms. The van der Waals surface area contributed by atoms with Gasteiger partial charge in [-0.1, -0.05) is 32.9 Å². The number of halogens is 1. The maximum Gasteiger partial charge on any atom is 0.251 e. The van der Waals surface area contributed by atoms with E-state index < -0.39 is 11.4 Å². The highest BCUT2D eigenvalue weighted by Crippen LogP contribution is 2.49. The molecule has 7 rings (SSSR count). The highest BCUT2D eigenvalue weighted by atomic mass is 19.1. The summed E-state index contributed by atoms with van der Waals surface area (Å²) in [5.41, 5.74) is 3.80. The molecule has 0 radical (unpaired) electrons. The van der Waals surface area contributed by atoms with Gasteiger partial charge in [-0.15, -0.1) is 0 Å². The molecule has 2 saturated heterocycles. The third kappa shape index (κ3) is 10.6. The molecule has 11 heteroatoms. The van der Waals surface area contributed by atoms with E-state index in [0.717, 1.165) is 93.9 Å². The Hall–Kier alpha value is -4.37. The Bertz CT molecular complexity index is 2050. The van der Waals surface area contributed by atoms with Crippen LogP contribution in [0, 0.1) is 22.6 Å². The number of imidazole rings is 1. The standard InChI is InChI=1S/C45H57FN6O4.C2H6/c1-6-44(4,5)56-30-43(2,3)50-42(53)33-12-13-38-39(25-33)52(27-35-16-23-54-35)40(48-38)28-51-21-19-45(20-22-51)17-14-32(15-18-45)37-8-7-9-41(49-37)55-29-34-11-10-31(26-47)24-36(34)46;1-2/h7-13,24-25,32,35H,6,14-23,27-30H2,1-5H3,(H,50,53);1-2H3. The maximum atomic E-state index is 14.4. The minimum absolute atomic E-state index is 0.0633. The fourth-order valence-corrected chi connectivity index (χ4v) is 8.20. The molecule has 1 saturated carbocycles. The number of ether oxygens (including phenoxy) is 3. The molecule has 1 unspecified atom stereocenters. The third-order valence-corrected chi connectivity index (χ3v) is 12.4. The molecule has 312 valence electrons. The zero-order valence-corrected chi connectivity index (χ0v) is 35.7. The van der Waals surface area contributed by atoms with Crippen molar-refractivity contribution in [2.45, 2.75) is 143 Å². The van der Waals surface area contributed by atoms with Crippen LogP contribution in [0.1, 0.15) is 139 Å². The first-order valence-electron chi connectivity index (χ1n) is 21.4. The Morgan fingerprint density at radius 1 is 1.02 bits per heavy atom. The zero-order chi connectivity index (χ0) is 41.5. The highest BCUT2D eigenvalue weighted by molar-refractivity contribution is 5.97. The number of carbonyl (C=O) groups is 1. The van der Waals surface area contributed by atoms with Crippen LogP contribution >= 0.6 is 0 Å². The Morgan fingerprint density at radius 2 is 1.76 bits per heavy atom. The normalized spacial score (nSPS) is 18.6. The van der Waals surface area contributed by atoms with Gasteiger partial charge in [-0.2, -0.15) is 5.26 Å². The van der Waals surface area contributed by atoms with Crippen molar-refractivity contribution < 1.29 is 23.4 Å². The Morgan fingerprint density at radius 3 is 2.41 bits per heavy atom. The average Bonchev–Trinajstić information content (AvgIpc) is 3.55. The summed E-state index contributed by atoms with van der Waals surface area (Å²) in [6.07, 6.45) is 8.95. The van der Waals surface area contributed by atoms with Gasteiger partial charge in [0.15, 0.2) is 0 Å². The lowest BCUT2D eigenvalue weighted by Gasteiger charge is -2.46. The number of piperidine rings is 1. The number of hydrogen-bond acceptors (Lipinski definition) is 8. The van der Waals surface area contributed by atoms with Crippen molar-refractivity contribution in [3.05, 3.63) is 88.6 Å². The van der Waals surface area contributed by atoms with E-state index in [1.54, 1.807) is 12.1 Å². The number of likely N-dealkylation sites (tertiary alicyclic amines) is 1. The van der Waals surface area contributed by atoms with E-state index in [2.05, 4.69) is 41.6 Å². The van der Waals surface area contributed by atoms with Crippen LogP contribution in [-0.4, -0.2) is 68.9 Å². The molecule has 10 nitrogen and oxygen atoms in total. The van der Waals surface area contributed by atoms with Crippen LogP contribution in [0.3, 0.4) is 0 Å². The number of rotatable bonds is 14. The van der Waals surface area contributed by atoms with E-state index >= 15 is 0 Å². The second-order valence-corrected chi connectivity index (χ2v) is 17.5. The molecule has 3 fully saturated rings. The van der Waals surface area contributed by atoms with E-state index in [1.165, 1.54) is 18.9 Å². The van der Waals surface area contributed by atoms with Crippen molar-refractivity contribution in [3.63, 3.8) is 0 Å². The largest absolute Gasteiger partial charge is 0.473 e. The number of pyridine rings is 1. The fraction of sp³-hybridized carbons (Fsp3) is 0.574. The van der Waals surface area contributed by atoms with Gasteiger partial charge in [0, 0.05) is 35.4 Å². The van der Waals surface area contributed by atoms with E-state index in [4.69, 9.17) is 29.4 Å². The van der Waals surface area contributed by atoms with Crippen molar-refractivity contribution >= 4 is 16.9 Å². The molecule has 2 aromatic heterocycles. The average molecular weight is 795 g/mol. The van der Waals surface area contributed by atoms with Gasteiger partial charge in [0.1, 0.15) is 18.2 Å². The zero-order valence-electron chi connectivity index (χ0n) is 35.7. The number of amides is 1. The summed E-state index contributed by atoms with van der Waals surface area (Å²) in [6.45, 7) is 19.1. The first kappa shape index (κ1) is 43.2. The molecule has 0 bridgehead atoms. The molecule has 1 aliphatic carbocycles. The van der Waals surface area contributed by atoms with Crippen molar-refractivity contribution in [3.8, 4) is 11.9 Å². The van der Waals surface area contributed by atoms with Crippen LogP contribution in [0.4, 0.5) is 4.39 Å². The summed E-state index contributed by atoms with van der Waals surface area (Å²) >= 11 is 0. The van der Waals surface area contributed by atoms with Gasteiger partial charge in [0.05, 0.1) is 59.6 Å². The van der Waals surface area contributed by atoms with Gasteiger partial charge in [0.2, 0.25) is 5.88 Å². The topological polar surface area (TPSA) is 115 Å². The first-order valence-corrected chi connectivity index (χ1v) is 21.4. The first-order chi connectivity index (χ1) is 27.8. The van der Waals surface area contributed by atoms with Gasteiger partial charge < -0.3 is 24.1 Å². The number of nitrogens with zero attached hydrogens (tertiary/aromatic N) is 5. The van der Waals surface area contributed by atoms with Crippen LogP contribution in [0.5, 0.6) is 5.88 Å². The summed E-state index contributed by atoms with van der Waals surface area (Å²) in [5, 5.41) is 12.2. The maximum absolute atomic E-state index is 14.4.